The Labute approximate surface area is 77.8 Å². The molecule has 11 heavy (non-hydrogen) atoms. The van der Waals surface area contributed by atoms with Crippen LogP contribution in [-0.2, 0) is 11.0 Å². The van der Waals surface area contributed by atoms with Crippen LogP contribution in [0.25, 0.3) is 0 Å². The maximum atomic E-state index is 13.2. The van der Waals surface area contributed by atoms with Gasteiger partial charge in [-0.1, -0.05) is 15.9 Å². The second-order valence-corrected chi connectivity index (χ2v) is 4.17. The average molecular weight is 238 g/mol. The Morgan fingerprint density at radius 3 is 2.64 bits per heavy atom. The molecule has 0 aliphatic carbocycles. The smallest absolute Gasteiger partial charge is 0.156 e. The van der Waals surface area contributed by atoms with Crippen molar-refractivity contribution < 1.29 is 4.39 Å². The quantitative estimate of drug-likeness (QED) is 0.720. The van der Waals surface area contributed by atoms with Crippen LogP contribution >= 0.6 is 27.3 Å². The molecule has 0 bridgehead atoms. The van der Waals surface area contributed by atoms with Gasteiger partial charge < -0.3 is 0 Å². The van der Waals surface area contributed by atoms with Crippen LogP contribution in [0.3, 0.4) is 0 Å². The minimum absolute atomic E-state index is 0.548. The summed E-state index contributed by atoms with van der Waals surface area (Å²) < 4.78 is 13.2. The molecule has 0 aliphatic heterocycles. The summed E-state index contributed by atoms with van der Waals surface area (Å²) in [4.78, 5) is 4.10. The average Bonchev–Trinajstić information content (AvgIpc) is 2.32. The third kappa shape index (κ3) is 2.24. The van der Waals surface area contributed by atoms with Gasteiger partial charge in [0.15, 0.2) is 5.67 Å². The van der Waals surface area contributed by atoms with Gasteiger partial charge in [0.1, 0.15) is 5.01 Å². The van der Waals surface area contributed by atoms with E-state index in [1.165, 1.54) is 25.2 Å². The standard InChI is InChI=1S/C7H9BrFNS/c1-7(2,9)6-10-5(3-8)4-11-6/h4H,3H2,1-2H3. The number of hydrogen-bond acceptors (Lipinski definition) is 2. The van der Waals surface area contributed by atoms with Crippen LogP contribution in [0, 0.1) is 0 Å². The van der Waals surface area contributed by atoms with Gasteiger partial charge in [0.25, 0.3) is 0 Å². The topological polar surface area (TPSA) is 12.9 Å². The fraction of sp³-hybridized carbons (Fsp3) is 0.571. The monoisotopic (exact) mass is 237 g/mol. The molecular weight excluding hydrogens is 229 g/mol. The van der Waals surface area contributed by atoms with Crippen molar-refractivity contribution in [2.75, 3.05) is 0 Å². The fourth-order valence-corrected chi connectivity index (χ4v) is 1.98. The van der Waals surface area contributed by atoms with Crippen molar-refractivity contribution in [3.8, 4) is 0 Å². The van der Waals surface area contributed by atoms with Crippen LogP contribution in [0.5, 0.6) is 0 Å². The molecule has 0 N–H and O–H groups in total. The molecule has 1 aromatic heterocycles. The minimum atomic E-state index is -1.30. The van der Waals surface area contributed by atoms with Crippen molar-refractivity contribution in [2.45, 2.75) is 24.8 Å². The van der Waals surface area contributed by atoms with Crippen molar-refractivity contribution in [2.24, 2.45) is 0 Å². The van der Waals surface area contributed by atoms with Crippen LogP contribution < -0.4 is 0 Å². The Morgan fingerprint density at radius 2 is 2.36 bits per heavy atom. The summed E-state index contributed by atoms with van der Waals surface area (Å²) in [7, 11) is 0. The second-order valence-electron chi connectivity index (χ2n) is 2.75. The Bertz CT molecular complexity index is 241. The van der Waals surface area contributed by atoms with Crippen molar-refractivity contribution in [1.82, 2.24) is 4.98 Å². The van der Waals surface area contributed by atoms with Gasteiger partial charge in [-0.05, 0) is 13.8 Å². The van der Waals surface area contributed by atoms with Crippen molar-refractivity contribution in [3.05, 3.63) is 16.1 Å². The predicted octanol–water partition coefficient (Wildman–Crippen LogP) is 3.24. The Kier molecular flexibility index (Phi) is 2.65. The first-order valence-electron chi connectivity index (χ1n) is 3.24. The van der Waals surface area contributed by atoms with E-state index >= 15 is 0 Å². The maximum absolute atomic E-state index is 13.2. The van der Waals surface area contributed by atoms with Crippen LogP contribution in [0.1, 0.15) is 24.5 Å². The largest absolute Gasteiger partial charge is 0.242 e. The van der Waals surface area contributed by atoms with Crippen LogP contribution in [-0.4, -0.2) is 4.98 Å². The molecule has 4 heteroatoms. The minimum Gasteiger partial charge on any atom is -0.242 e. The van der Waals surface area contributed by atoms with Crippen molar-refractivity contribution >= 4 is 27.3 Å². The first kappa shape index (κ1) is 9.13. The van der Waals surface area contributed by atoms with E-state index in [9.17, 15) is 4.39 Å². The molecule has 0 spiro atoms. The van der Waals surface area contributed by atoms with Gasteiger partial charge in [0.2, 0.25) is 0 Å². The normalized spacial score (nSPS) is 12.0. The van der Waals surface area contributed by atoms with Gasteiger partial charge in [-0.15, -0.1) is 11.3 Å². The number of rotatable bonds is 2. The number of nitrogens with zero attached hydrogens (tertiary/aromatic N) is 1. The third-order valence-electron chi connectivity index (χ3n) is 1.20. The first-order chi connectivity index (χ1) is 5.04. The first-order valence-corrected chi connectivity index (χ1v) is 5.24. The predicted molar refractivity (Wildman–Crippen MR) is 48.9 cm³/mol. The molecule has 62 valence electrons. The zero-order valence-electron chi connectivity index (χ0n) is 6.40. The van der Waals surface area contributed by atoms with E-state index in [4.69, 9.17) is 0 Å². The summed E-state index contributed by atoms with van der Waals surface area (Å²) >= 11 is 4.62. The highest BCUT2D eigenvalue weighted by molar-refractivity contribution is 9.08. The lowest BCUT2D eigenvalue weighted by Gasteiger charge is -2.08. The van der Waals surface area contributed by atoms with E-state index in [0.29, 0.717) is 10.3 Å². The van der Waals surface area contributed by atoms with E-state index < -0.39 is 5.67 Å². The Morgan fingerprint density at radius 1 is 1.73 bits per heavy atom. The van der Waals surface area contributed by atoms with Crippen molar-refractivity contribution in [1.29, 1.82) is 0 Å². The molecule has 0 saturated heterocycles. The van der Waals surface area contributed by atoms with Crippen LogP contribution in [0.4, 0.5) is 4.39 Å². The van der Waals surface area contributed by atoms with Gasteiger partial charge in [-0.3, -0.25) is 0 Å². The van der Waals surface area contributed by atoms with E-state index in [2.05, 4.69) is 20.9 Å². The van der Waals surface area contributed by atoms with E-state index in [0.717, 1.165) is 5.69 Å². The number of thiazole rings is 1. The van der Waals surface area contributed by atoms with Gasteiger partial charge in [0.05, 0.1) is 5.69 Å². The van der Waals surface area contributed by atoms with Gasteiger partial charge in [-0.2, -0.15) is 0 Å². The summed E-state index contributed by atoms with van der Waals surface area (Å²) in [5.41, 5.74) is -0.402. The zero-order chi connectivity index (χ0) is 8.48. The summed E-state index contributed by atoms with van der Waals surface area (Å²) in [6.07, 6.45) is 0. The molecule has 1 aromatic rings. The number of hydrogen-bond donors (Lipinski definition) is 0. The molecular formula is C7H9BrFNS. The summed E-state index contributed by atoms with van der Waals surface area (Å²) in [6.45, 7) is 3.04. The number of alkyl halides is 2. The molecule has 0 unspecified atom stereocenters. The highest BCUT2D eigenvalue weighted by Gasteiger charge is 2.22. The lowest BCUT2D eigenvalue weighted by molar-refractivity contribution is 0.220. The number of aromatic nitrogens is 1. The molecule has 1 rings (SSSR count). The Balaban J connectivity index is 2.89. The third-order valence-corrected chi connectivity index (χ3v) is 2.96. The fourth-order valence-electron chi connectivity index (χ4n) is 0.641. The molecule has 0 amide bonds. The molecule has 0 saturated carbocycles. The van der Waals surface area contributed by atoms with Gasteiger partial charge in [-0.25, -0.2) is 9.37 Å². The van der Waals surface area contributed by atoms with Gasteiger partial charge >= 0.3 is 0 Å². The highest BCUT2D eigenvalue weighted by Crippen LogP contribution is 2.27. The SMILES string of the molecule is CC(C)(F)c1nc(CBr)cs1. The molecule has 1 heterocycles. The highest BCUT2D eigenvalue weighted by atomic mass is 79.9. The van der Waals surface area contributed by atoms with Crippen LogP contribution in [0.15, 0.2) is 5.38 Å². The molecule has 1 nitrogen and oxygen atoms in total. The van der Waals surface area contributed by atoms with Crippen LogP contribution in [0.2, 0.25) is 0 Å². The summed E-state index contributed by atoms with van der Waals surface area (Å²) in [6, 6.07) is 0. The lowest BCUT2D eigenvalue weighted by atomic mass is 10.2. The lowest BCUT2D eigenvalue weighted by Crippen LogP contribution is -2.08. The molecule has 0 atom stereocenters. The second kappa shape index (κ2) is 3.19. The zero-order valence-corrected chi connectivity index (χ0v) is 8.80. The van der Waals surface area contributed by atoms with Gasteiger partial charge in [0, 0.05) is 10.7 Å². The van der Waals surface area contributed by atoms with E-state index in [1.54, 1.807) is 0 Å². The maximum Gasteiger partial charge on any atom is 0.156 e. The summed E-state index contributed by atoms with van der Waals surface area (Å²) in [5.74, 6) is 0. The number of halogens is 2. The molecule has 0 fully saturated rings. The van der Waals surface area contributed by atoms with E-state index in [1.807, 2.05) is 5.38 Å². The Hall–Kier alpha value is 0.0400. The molecule has 0 radical (unpaired) electrons. The van der Waals surface area contributed by atoms with E-state index in [-0.39, 0.29) is 0 Å². The summed E-state index contributed by atoms with van der Waals surface area (Å²) in [5, 5.41) is 3.11. The molecule has 0 aliphatic rings. The van der Waals surface area contributed by atoms with Crippen molar-refractivity contribution in [3.63, 3.8) is 0 Å². The molecule has 0 aromatic carbocycles.